The summed E-state index contributed by atoms with van der Waals surface area (Å²) in [6.07, 6.45) is -4.53. The predicted molar refractivity (Wildman–Crippen MR) is 70.5 cm³/mol. The molecule has 1 N–H and O–H groups in total. The molecule has 5 nitrogen and oxygen atoms in total. The minimum atomic E-state index is -4.53. The highest BCUT2D eigenvalue weighted by molar-refractivity contribution is 6.17. The van der Waals surface area contributed by atoms with Gasteiger partial charge in [0.25, 0.3) is 0 Å². The average Bonchev–Trinajstić information content (AvgIpc) is 2.62. The Balaban J connectivity index is 2.20. The molecule has 2 atom stereocenters. The summed E-state index contributed by atoms with van der Waals surface area (Å²) in [7, 11) is 1.26. The number of hydrogen-bond acceptors (Lipinski definition) is 3. The topological polar surface area (TPSA) is 66.5 Å². The first-order valence-corrected chi connectivity index (χ1v) is 6.42. The van der Waals surface area contributed by atoms with E-state index in [-0.39, 0.29) is 5.69 Å². The van der Waals surface area contributed by atoms with Gasteiger partial charge in [-0.15, -0.1) is 0 Å². The van der Waals surface area contributed by atoms with Crippen molar-refractivity contribution in [2.24, 2.45) is 11.8 Å². The number of anilines is 1. The smallest absolute Gasteiger partial charge is 0.325 e. The zero-order valence-electron chi connectivity index (χ0n) is 11.8. The third-order valence-electron chi connectivity index (χ3n) is 3.56. The van der Waals surface area contributed by atoms with Crippen LogP contribution in [0.4, 0.5) is 18.9 Å². The van der Waals surface area contributed by atoms with Crippen LogP contribution in [0.25, 0.3) is 0 Å². The third-order valence-corrected chi connectivity index (χ3v) is 3.56. The lowest BCUT2D eigenvalue weighted by Crippen LogP contribution is -2.32. The number of carbonyl (C=O) groups is 3. The van der Waals surface area contributed by atoms with Gasteiger partial charge in [-0.1, -0.05) is 13.0 Å². The van der Waals surface area contributed by atoms with Crippen molar-refractivity contribution in [3.05, 3.63) is 29.8 Å². The molecule has 0 spiro atoms. The van der Waals surface area contributed by atoms with Gasteiger partial charge in [-0.05, 0) is 18.2 Å². The Kier molecular flexibility index (Phi) is 3.95. The summed E-state index contributed by atoms with van der Waals surface area (Å²) in [6.45, 7) is 1.43. The fourth-order valence-corrected chi connectivity index (χ4v) is 2.31. The fraction of sp³-hybridized carbons (Fsp3) is 0.357. The molecule has 2 unspecified atom stereocenters. The van der Waals surface area contributed by atoms with Gasteiger partial charge in [0.05, 0.1) is 11.5 Å². The van der Waals surface area contributed by atoms with Crippen LogP contribution in [-0.4, -0.2) is 29.7 Å². The van der Waals surface area contributed by atoms with Crippen molar-refractivity contribution in [3.8, 4) is 0 Å². The Morgan fingerprint density at radius 2 is 1.86 bits per heavy atom. The van der Waals surface area contributed by atoms with Gasteiger partial charge >= 0.3 is 6.18 Å². The number of hydrogen-bond donors (Lipinski definition) is 1. The molecule has 1 aliphatic heterocycles. The number of nitrogens with one attached hydrogen (secondary N) is 1. The molecule has 1 heterocycles. The van der Waals surface area contributed by atoms with Gasteiger partial charge < -0.3 is 5.32 Å². The van der Waals surface area contributed by atoms with Crippen molar-refractivity contribution in [2.75, 3.05) is 12.4 Å². The Hall–Kier alpha value is -2.38. The second kappa shape index (κ2) is 5.43. The van der Waals surface area contributed by atoms with Crippen molar-refractivity contribution in [1.82, 2.24) is 4.90 Å². The van der Waals surface area contributed by atoms with E-state index in [1.807, 2.05) is 0 Å². The number of alkyl halides is 3. The van der Waals surface area contributed by atoms with Crippen molar-refractivity contribution in [1.29, 1.82) is 0 Å². The standard InChI is InChI=1S/C14H13F3N2O3/c1-7-10(13(22)19(2)12(7)21)11(20)18-9-5-3-4-8(6-9)14(15,16)17/h3-7,10H,1-2H3,(H,18,20). The number of rotatable bonds is 2. The minimum Gasteiger partial charge on any atom is -0.325 e. The lowest BCUT2D eigenvalue weighted by molar-refractivity contribution is -0.139. The maximum absolute atomic E-state index is 12.6. The number of nitrogens with zero attached hydrogens (tertiary/aromatic N) is 1. The maximum atomic E-state index is 12.6. The number of imide groups is 1. The predicted octanol–water partition coefficient (Wildman–Crippen LogP) is 1.89. The van der Waals surface area contributed by atoms with Gasteiger partial charge in [0, 0.05) is 12.7 Å². The molecule has 0 radical (unpaired) electrons. The monoisotopic (exact) mass is 314 g/mol. The van der Waals surface area contributed by atoms with Crippen molar-refractivity contribution in [2.45, 2.75) is 13.1 Å². The summed E-state index contributed by atoms with van der Waals surface area (Å²) in [4.78, 5) is 36.4. The Morgan fingerprint density at radius 1 is 1.23 bits per heavy atom. The lowest BCUT2D eigenvalue weighted by Gasteiger charge is -2.13. The number of benzene rings is 1. The number of amides is 3. The van der Waals surface area contributed by atoms with Crippen molar-refractivity contribution < 1.29 is 27.6 Å². The molecule has 1 fully saturated rings. The quantitative estimate of drug-likeness (QED) is 0.670. The minimum absolute atomic E-state index is 0.0816. The maximum Gasteiger partial charge on any atom is 0.416 e. The van der Waals surface area contributed by atoms with Crippen LogP contribution in [0.1, 0.15) is 12.5 Å². The molecular formula is C14H13F3N2O3. The van der Waals surface area contributed by atoms with E-state index >= 15 is 0 Å². The summed E-state index contributed by atoms with van der Waals surface area (Å²) < 4.78 is 37.8. The number of halogens is 3. The molecule has 118 valence electrons. The Labute approximate surface area is 124 Å². The van der Waals surface area contributed by atoms with Crippen LogP contribution in [-0.2, 0) is 20.6 Å². The van der Waals surface area contributed by atoms with Crippen molar-refractivity contribution >= 4 is 23.4 Å². The van der Waals surface area contributed by atoms with E-state index in [2.05, 4.69) is 5.32 Å². The van der Waals surface area contributed by atoms with Crippen LogP contribution in [0.5, 0.6) is 0 Å². The molecule has 0 saturated carbocycles. The first-order valence-electron chi connectivity index (χ1n) is 6.42. The largest absolute Gasteiger partial charge is 0.416 e. The van der Waals surface area contributed by atoms with Gasteiger partial charge in [0.1, 0.15) is 5.92 Å². The van der Waals surface area contributed by atoms with Crippen LogP contribution in [0.2, 0.25) is 0 Å². The first kappa shape index (κ1) is 16.0. The zero-order chi connectivity index (χ0) is 16.7. The SMILES string of the molecule is CC1C(=O)N(C)C(=O)C1C(=O)Nc1cccc(C(F)(F)F)c1. The van der Waals surface area contributed by atoms with Crippen molar-refractivity contribution in [3.63, 3.8) is 0 Å². The summed E-state index contributed by atoms with van der Waals surface area (Å²) in [5.74, 6) is -4.03. The molecule has 22 heavy (non-hydrogen) atoms. The van der Waals surface area contributed by atoms with E-state index < -0.39 is 41.3 Å². The second-order valence-corrected chi connectivity index (χ2v) is 5.07. The normalized spacial score (nSPS) is 22.1. The van der Waals surface area contributed by atoms with Gasteiger partial charge in [-0.25, -0.2) is 0 Å². The fourth-order valence-electron chi connectivity index (χ4n) is 2.31. The van der Waals surface area contributed by atoms with E-state index in [0.29, 0.717) is 0 Å². The molecule has 1 aliphatic rings. The van der Waals surface area contributed by atoms with Gasteiger partial charge in [0.15, 0.2) is 0 Å². The summed E-state index contributed by atoms with van der Waals surface area (Å²) in [5.41, 5.74) is -0.994. The molecule has 8 heteroatoms. The zero-order valence-corrected chi connectivity index (χ0v) is 11.8. The van der Waals surface area contributed by atoms with Gasteiger partial charge in [-0.3, -0.25) is 19.3 Å². The summed E-state index contributed by atoms with van der Waals surface area (Å²) >= 11 is 0. The Morgan fingerprint density at radius 3 is 2.36 bits per heavy atom. The van der Waals surface area contributed by atoms with E-state index in [9.17, 15) is 27.6 Å². The summed E-state index contributed by atoms with van der Waals surface area (Å²) in [6, 6.07) is 4.07. The molecule has 0 aromatic heterocycles. The Bertz CT molecular complexity index is 642. The highest BCUT2D eigenvalue weighted by atomic mass is 19.4. The lowest BCUT2D eigenvalue weighted by atomic mass is 9.96. The molecule has 2 rings (SSSR count). The van der Waals surface area contributed by atoms with Crippen LogP contribution in [0.3, 0.4) is 0 Å². The van der Waals surface area contributed by atoms with Crippen LogP contribution in [0, 0.1) is 11.8 Å². The molecule has 1 saturated heterocycles. The molecule has 0 bridgehead atoms. The average molecular weight is 314 g/mol. The molecule has 3 amide bonds. The molecule has 1 aromatic carbocycles. The number of carbonyl (C=O) groups excluding carboxylic acids is 3. The molecule has 0 aliphatic carbocycles. The van der Waals surface area contributed by atoms with Gasteiger partial charge in [-0.2, -0.15) is 13.2 Å². The van der Waals surface area contributed by atoms with Crippen LogP contribution >= 0.6 is 0 Å². The van der Waals surface area contributed by atoms with E-state index in [1.165, 1.54) is 20.0 Å². The third kappa shape index (κ3) is 2.81. The number of likely N-dealkylation sites (tertiary alicyclic amines) is 1. The summed E-state index contributed by atoms with van der Waals surface area (Å²) in [5, 5.41) is 2.26. The highest BCUT2D eigenvalue weighted by Gasteiger charge is 2.47. The first-order chi connectivity index (χ1) is 10.1. The molecule has 1 aromatic rings. The van der Waals surface area contributed by atoms with E-state index in [0.717, 1.165) is 23.1 Å². The molecular weight excluding hydrogens is 301 g/mol. The van der Waals surface area contributed by atoms with E-state index in [1.54, 1.807) is 0 Å². The van der Waals surface area contributed by atoms with E-state index in [4.69, 9.17) is 0 Å². The second-order valence-electron chi connectivity index (χ2n) is 5.07. The highest BCUT2D eigenvalue weighted by Crippen LogP contribution is 2.31. The van der Waals surface area contributed by atoms with Gasteiger partial charge in [0.2, 0.25) is 17.7 Å². The van der Waals surface area contributed by atoms with Crippen LogP contribution in [0.15, 0.2) is 24.3 Å². The van der Waals surface area contributed by atoms with Crippen LogP contribution < -0.4 is 5.32 Å².